The molecule has 1 aliphatic carbocycles. The molecule has 3 heteroatoms. The molecule has 0 spiro atoms. The first-order valence-electron chi connectivity index (χ1n) is 5.52. The molecule has 0 saturated carbocycles. The van der Waals surface area contributed by atoms with Crippen molar-refractivity contribution in [3.8, 4) is 6.07 Å². The first-order valence-corrected chi connectivity index (χ1v) is 5.52. The van der Waals surface area contributed by atoms with E-state index in [2.05, 4.69) is 23.3 Å². The van der Waals surface area contributed by atoms with E-state index in [1.54, 1.807) is 0 Å². The Labute approximate surface area is 90.1 Å². The molecule has 1 N–H and O–H groups in total. The van der Waals surface area contributed by atoms with Gasteiger partial charge in [-0.15, -0.1) is 0 Å². The van der Waals surface area contributed by atoms with Crippen LogP contribution in [0.3, 0.4) is 0 Å². The molecule has 3 nitrogen and oxygen atoms in total. The molecule has 1 aliphatic rings. The lowest BCUT2D eigenvalue weighted by Gasteiger charge is -2.08. The van der Waals surface area contributed by atoms with Crippen LogP contribution in [0.2, 0.25) is 0 Å². The standard InChI is InChI=1S/C12H15N3/c1-2-6-14-12-10(8-13)7-9-4-3-5-11(9)15-12/h7H,2-6H2,1H3,(H,14,15). The number of nitrogens with one attached hydrogen (secondary N) is 1. The second-order valence-electron chi connectivity index (χ2n) is 3.88. The van der Waals surface area contributed by atoms with Crippen molar-refractivity contribution in [1.82, 2.24) is 4.98 Å². The monoisotopic (exact) mass is 201 g/mol. The number of aryl methyl sites for hydroxylation is 2. The number of fused-ring (bicyclic) bond motifs is 1. The van der Waals surface area contributed by atoms with Crippen LogP contribution >= 0.6 is 0 Å². The minimum atomic E-state index is 0.684. The van der Waals surface area contributed by atoms with Crippen molar-refractivity contribution in [2.75, 3.05) is 11.9 Å². The van der Waals surface area contributed by atoms with Gasteiger partial charge in [0.25, 0.3) is 0 Å². The van der Waals surface area contributed by atoms with Crippen molar-refractivity contribution in [2.45, 2.75) is 32.6 Å². The van der Waals surface area contributed by atoms with Gasteiger partial charge in [-0.1, -0.05) is 6.92 Å². The van der Waals surface area contributed by atoms with Crippen LogP contribution in [0.1, 0.15) is 36.6 Å². The maximum absolute atomic E-state index is 9.02. The molecule has 0 atom stereocenters. The average molecular weight is 201 g/mol. The molecule has 0 aliphatic heterocycles. The highest BCUT2D eigenvalue weighted by Crippen LogP contribution is 2.24. The molecular weight excluding hydrogens is 186 g/mol. The van der Waals surface area contributed by atoms with Gasteiger partial charge in [0.05, 0.1) is 5.56 Å². The average Bonchev–Trinajstić information content (AvgIpc) is 2.71. The highest BCUT2D eigenvalue weighted by atomic mass is 15.0. The van der Waals surface area contributed by atoms with Crippen LogP contribution in [0.25, 0.3) is 0 Å². The smallest absolute Gasteiger partial charge is 0.144 e. The summed E-state index contributed by atoms with van der Waals surface area (Å²) in [6.07, 6.45) is 4.35. The Morgan fingerprint density at radius 3 is 3.13 bits per heavy atom. The third-order valence-corrected chi connectivity index (χ3v) is 2.71. The molecule has 2 rings (SSSR count). The molecule has 15 heavy (non-hydrogen) atoms. The topological polar surface area (TPSA) is 48.7 Å². The lowest BCUT2D eigenvalue weighted by molar-refractivity contribution is 0.897. The molecular formula is C12H15N3. The summed E-state index contributed by atoms with van der Waals surface area (Å²) < 4.78 is 0. The zero-order valence-electron chi connectivity index (χ0n) is 9.01. The summed E-state index contributed by atoms with van der Waals surface area (Å²) in [5.74, 6) is 0.764. The molecule has 78 valence electrons. The number of hydrogen-bond donors (Lipinski definition) is 1. The van der Waals surface area contributed by atoms with Crippen LogP contribution in [-0.4, -0.2) is 11.5 Å². The van der Waals surface area contributed by atoms with Crippen molar-refractivity contribution in [3.63, 3.8) is 0 Å². The van der Waals surface area contributed by atoms with Crippen molar-refractivity contribution in [3.05, 3.63) is 22.9 Å². The van der Waals surface area contributed by atoms with Gasteiger partial charge in [0, 0.05) is 12.2 Å². The van der Waals surface area contributed by atoms with Gasteiger partial charge in [0.15, 0.2) is 0 Å². The Hall–Kier alpha value is -1.56. The number of pyridine rings is 1. The fraction of sp³-hybridized carbons (Fsp3) is 0.500. The maximum Gasteiger partial charge on any atom is 0.144 e. The summed E-state index contributed by atoms with van der Waals surface area (Å²) in [6.45, 7) is 2.98. The summed E-state index contributed by atoms with van der Waals surface area (Å²) >= 11 is 0. The molecule has 1 heterocycles. The van der Waals surface area contributed by atoms with Crippen LogP contribution in [0, 0.1) is 11.3 Å². The number of nitrogens with zero attached hydrogens (tertiary/aromatic N) is 2. The molecule has 0 bridgehead atoms. The van der Waals surface area contributed by atoms with Gasteiger partial charge in [-0.05, 0) is 37.3 Å². The fourth-order valence-electron chi connectivity index (χ4n) is 1.94. The number of anilines is 1. The van der Waals surface area contributed by atoms with Gasteiger partial charge < -0.3 is 5.32 Å². The van der Waals surface area contributed by atoms with E-state index in [1.165, 1.54) is 17.7 Å². The molecule has 0 unspecified atom stereocenters. The Morgan fingerprint density at radius 1 is 1.53 bits per heavy atom. The van der Waals surface area contributed by atoms with Gasteiger partial charge in [-0.25, -0.2) is 4.98 Å². The lowest BCUT2D eigenvalue weighted by atomic mass is 10.1. The Bertz CT molecular complexity index is 404. The minimum Gasteiger partial charge on any atom is -0.369 e. The molecule has 0 fully saturated rings. The van der Waals surface area contributed by atoms with Crippen molar-refractivity contribution in [1.29, 1.82) is 5.26 Å². The van der Waals surface area contributed by atoms with E-state index >= 15 is 0 Å². The molecule has 0 radical (unpaired) electrons. The van der Waals surface area contributed by atoms with E-state index in [9.17, 15) is 0 Å². The summed E-state index contributed by atoms with van der Waals surface area (Å²) in [7, 11) is 0. The number of aromatic nitrogens is 1. The zero-order chi connectivity index (χ0) is 10.7. The summed E-state index contributed by atoms with van der Waals surface area (Å²) in [4.78, 5) is 4.53. The van der Waals surface area contributed by atoms with Crippen LogP contribution in [0.5, 0.6) is 0 Å². The third kappa shape index (κ3) is 1.94. The highest BCUT2D eigenvalue weighted by molar-refractivity contribution is 5.54. The van der Waals surface area contributed by atoms with E-state index in [-0.39, 0.29) is 0 Å². The maximum atomic E-state index is 9.02. The van der Waals surface area contributed by atoms with Gasteiger partial charge >= 0.3 is 0 Å². The van der Waals surface area contributed by atoms with E-state index in [0.29, 0.717) is 5.56 Å². The summed E-state index contributed by atoms with van der Waals surface area (Å²) in [5, 5.41) is 12.2. The molecule has 1 aromatic rings. The Balaban J connectivity index is 2.32. The van der Waals surface area contributed by atoms with Crippen LogP contribution in [0.4, 0.5) is 5.82 Å². The summed E-state index contributed by atoms with van der Waals surface area (Å²) in [5.41, 5.74) is 3.12. The van der Waals surface area contributed by atoms with Gasteiger partial charge in [-0.3, -0.25) is 0 Å². The van der Waals surface area contributed by atoms with Crippen LogP contribution < -0.4 is 5.32 Å². The molecule has 1 aromatic heterocycles. The number of nitriles is 1. The van der Waals surface area contributed by atoms with E-state index in [4.69, 9.17) is 5.26 Å². The second-order valence-corrected chi connectivity index (χ2v) is 3.88. The van der Waals surface area contributed by atoms with Crippen molar-refractivity contribution < 1.29 is 0 Å². The predicted octanol–water partition coefficient (Wildman–Crippen LogP) is 2.26. The normalized spacial score (nSPS) is 13.3. The molecule has 0 amide bonds. The number of rotatable bonds is 3. The van der Waals surface area contributed by atoms with Gasteiger partial charge in [0.2, 0.25) is 0 Å². The van der Waals surface area contributed by atoms with Gasteiger partial charge in [-0.2, -0.15) is 5.26 Å². The molecule has 0 saturated heterocycles. The van der Waals surface area contributed by atoms with E-state index in [0.717, 1.165) is 31.6 Å². The first kappa shape index (κ1) is 9.97. The lowest BCUT2D eigenvalue weighted by Crippen LogP contribution is -2.06. The van der Waals surface area contributed by atoms with Crippen LogP contribution in [-0.2, 0) is 12.8 Å². The Morgan fingerprint density at radius 2 is 2.40 bits per heavy atom. The summed E-state index contributed by atoms with van der Waals surface area (Å²) in [6, 6.07) is 4.20. The van der Waals surface area contributed by atoms with Crippen LogP contribution in [0.15, 0.2) is 6.07 Å². The SMILES string of the molecule is CCCNc1nc2c(cc1C#N)CCC2. The van der Waals surface area contributed by atoms with Crippen molar-refractivity contribution >= 4 is 5.82 Å². The highest BCUT2D eigenvalue weighted by Gasteiger charge is 2.15. The van der Waals surface area contributed by atoms with Crippen molar-refractivity contribution in [2.24, 2.45) is 0 Å². The number of hydrogen-bond acceptors (Lipinski definition) is 3. The largest absolute Gasteiger partial charge is 0.369 e. The quantitative estimate of drug-likeness (QED) is 0.816. The Kier molecular flexibility index (Phi) is 2.86. The first-order chi connectivity index (χ1) is 7.35. The predicted molar refractivity (Wildman–Crippen MR) is 59.8 cm³/mol. The zero-order valence-corrected chi connectivity index (χ0v) is 9.01. The van der Waals surface area contributed by atoms with Gasteiger partial charge in [0.1, 0.15) is 11.9 Å². The minimum absolute atomic E-state index is 0.684. The van der Waals surface area contributed by atoms with E-state index < -0.39 is 0 Å². The second kappa shape index (κ2) is 4.31. The molecule has 0 aromatic carbocycles. The third-order valence-electron chi connectivity index (χ3n) is 2.71. The van der Waals surface area contributed by atoms with E-state index in [1.807, 2.05) is 6.07 Å². The fourth-order valence-corrected chi connectivity index (χ4v) is 1.94.